The van der Waals surface area contributed by atoms with E-state index in [-0.39, 0.29) is 11.7 Å². The smallest absolute Gasteiger partial charge is 0.271 e. The number of aliphatic hydroxyl groups is 1. The van der Waals surface area contributed by atoms with Crippen LogP contribution in [0.15, 0.2) is 67.0 Å². The predicted molar refractivity (Wildman–Crippen MR) is 110 cm³/mol. The van der Waals surface area contributed by atoms with E-state index in [0.717, 1.165) is 36.9 Å². The third-order valence-corrected chi connectivity index (χ3v) is 5.50. The number of aliphatic hydroxyl groups excluding tert-OH is 1. The summed E-state index contributed by atoms with van der Waals surface area (Å²) in [6.45, 7) is 1.61. The van der Waals surface area contributed by atoms with Gasteiger partial charge >= 0.3 is 0 Å². The van der Waals surface area contributed by atoms with Crippen LogP contribution in [0.25, 0.3) is 5.69 Å². The van der Waals surface area contributed by atoms with Gasteiger partial charge in [0.15, 0.2) is 0 Å². The number of non-ortho nitro benzene ring substituents is 1. The standard InChI is InChI=1S/C22H24N4O3/c27-22(18-7-2-1-3-8-18)21-11-4-5-12-24(21)15-17-14-23-25(16-17)19-9-6-10-20(13-19)26(28)29/h1-3,6-10,13-14,16,21-22,27H,4-5,11-12,15H2. The minimum absolute atomic E-state index is 0.0432. The van der Waals surface area contributed by atoms with Crippen molar-refractivity contribution in [3.05, 3.63) is 88.2 Å². The van der Waals surface area contributed by atoms with Gasteiger partial charge in [0, 0.05) is 36.5 Å². The highest BCUT2D eigenvalue weighted by Gasteiger charge is 2.29. The molecule has 7 heteroatoms. The molecule has 1 aromatic heterocycles. The van der Waals surface area contributed by atoms with E-state index in [1.54, 1.807) is 23.0 Å². The van der Waals surface area contributed by atoms with Gasteiger partial charge in [-0.3, -0.25) is 15.0 Å². The summed E-state index contributed by atoms with van der Waals surface area (Å²) in [6.07, 6.45) is 6.34. The van der Waals surface area contributed by atoms with Gasteiger partial charge in [-0.15, -0.1) is 0 Å². The van der Waals surface area contributed by atoms with Crippen LogP contribution in [0.2, 0.25) is 0 Å². The van der Waals surface area contributed by atoms with E-state index in [0.29, 0.717) is 12.2 Å². The zero-order valence-electron chi connectivity index (χ0n) is 16.1. The molecule has 0 saturated carbocycles. The Kier molecular flexibility index (Phi) is 5.69. The number of likely N-dealkylation sites (tertiary alicyclic amines) is 1. The van der Waals surface area contributed by atoms with Crippen LogP contribution in [0.1, 0.15) is 36.5 Å². The molecule has 3 aromatic rings. The van der Waals surface area contributed by atoms with Gasteiger partial charge in [-0.1, -0.05) is 42.8 Å². The number of nitro benzene ring substituents is 1. The minimum Gasteiger partial charge on any atom is -0.387 e. The lowest BCUT2D eigenvalue weighted by Crippen LogP contribution is -2.42. The van der Waals surface area contributed by atoms with Crippen molar-refractivity contribution >= 4 is 5.69 Å². The van der Waals surface area contributed by atoms with E-state index in [4.69, 9.17) is 0 Å². The van der Waals surface area contributed by atoms with Gasteiger partial charge < -0.3 is 5.11 Å². The normalized spacial score (nSPS) is 18.4. The molecule has 1 aliphatic heterocycles. The van der Waals surface area contributed by atoms with Crippen molar-refractivity contribution in [2.75, 3.05) is 6.54 Å². The molecule has 1 fully saturated rings. The third kappa shape index (κ3) is 4.36. The summed E-state index contributed by atoms with van der Waals surface area (Å²) >= 11 is 0. The first-order valence-electron chi connectivity index (χ1n) is 9.87. The molecule has 29 heavy (non-hydrogen) atoms. The molecule has 0 amide bonds. The number of aromatic nitrogens is 2. The van der Waals surface area contributed by atoms with Crippen molar-refractivity contribution in [3.63, 3.8) is 0 Å². The van der Waals surface area contributed by atoms with Crippen molar-refractivity contribution < 1.29 is 10.0 Å². The van der Waals surface area contributed by atoms with Gasteiger partial charge in [0.2, 0.25) is 0 Å². The zero-order chi connectivity index (χ0) is 20.2. The SMILES string of the molecule is O=[N+]([O-])c1cccc(-n2cc(CN3CCCCC3C(O)c3ccccc3)cn2)c1. The van der Waals surface area contributed by atoms with Crippen LogP contribution in [0.3, 0.4) is 0 Å². The molecule has 1 N–H and O–H groups in total. The Balaban J connectivity index is 1.51. The fraction of sp³-hybridized carbons (Fsp3) is 0.318. The van der Waals surface area contributed by atoms with E-state index in [1.807, 2.05) is 36.5 Å². The van der Waals surface area contributed by atoms with Gasteiger partial charge in [0.05, 0.1) is 22.9 Å². The number of hydrogen-bond donors (Lipinski definition) is 1. The topological polar surface area (TPSA) is 84.4 Å². The number of rotatable bonds is 6. The van der Waals surface area contributed by atoms with E-state index >= 15 is 0 Å². The molecule has 0 spiro atoms. The first-order valence-corrected chi connectivity index (χ1v) is 9.87. The molecule has 150 valence electrons. The van der Waals surface area contributed by atoms with Gasteiger partial charge in [0.25, 0.3) is 5.69 Å². The Hall–Kier alpha value is -3.03. The zero-order valence-corrected chi connectivity index (χ0v) is 16.1. The number of nitrogens with zero attached hydrogens (tertiary/aromatic N) is 4. The molecular weight excluding hydrogens is 368 g/mol. The van der Waals surface area contributed by atoms with Gasteiger partial charge in [-0.2, -0.15) is 5.10 Å². The molecule has 2 heterocycles. The highest BCUT2D eigenvalue weighted by atomic mass is 16.6. The lowest BCUT2D eigenvalue weighted by Gasteiger charge is -2.38. The number of piperidine rings is 1. The lowest BCUT2D eigenvalue weighted by molar-refractivity contribution is -0.384. The van der Waals surface area contributed by atoms with Crippen LogP contribution in [-0.2, 0) is 6.54 Å². The van der Waals surface area contributed by atoms with Crippen LogP contribution >= 0.6 is 0 Å². The van der Waals surface area contributed by atoms with E-state index in [9.17, 15) is 15.2 Å². The number of hydrogen-bond acceptors (Lipinski definition) is 5. The van der Waals surface area contributed by atoms with Crippen LogP contribution in [-0.4, -0.2) is 37.3 Å². The molecule has 2 aromatic carbocycles. The average Bonchev–Trinajstić information content (AvgIpc) is 3.23. The van der Waals surface area contributed by atoms with Crippen molar-refractivity contribution in [1.82, 2.24) is 14.7 Å². The van der Waals surface area contributed by atoms with Crippen molar-refractivity contribution in [2.24, 2.45) is 0 Å². The Labute approximate surface area is 169 Å². The molecule has 0 aliphatic carbocycles. The maximum Gasteiger partial charge on any atom is 0.271 e. The fourth-order valence-electron chi connectivity index (χ4n) is 4.01. The second-order valence-electron chi connectivity index (χ2n) is 7.46. The molecule has 2 unspecified atom stereocenters. The molecule has 2 atom stereocenters. The Bertz CT molecular complexity index is 973. The summed E-state index contributed by atoms with van der Waals surface area (Å²) in [5.41, 5.74) is 2.66. The number of benzene rings is 2. The lowest BCUT2D eigenvalue weighted by atomic mass is 9.92. The maximum atomic E-state index is 11.0. The third-order valence-electron chi connectivity index (χ3n) is 5.50. The number of nitro groups is 1. The summed E-state index contributed by atoms with van der Waals surface area (Å²) < 4.78 is 1.66. The quantitative estimate of drug-likeness (QED) is 0.508. The predicted octanol–water partition coefficient (Wildman–Crippen LogP) is 3.87. The average molecular weight is 392 g/mol. The fourth-order valence-corrected chi connectivity index (χ4v) is 4.01. The van der Waals surface area contributed by atoms with Crippen molar-refractivity contribution in [2.45, 2.75) is 38.0 Å². The summed E-state index contributed by atoms with van der Waals surface area (Å²) in [5, 5.41) is 26.3. The molecular formula is C22H24N4O3. The van der Waals surface area contributed by atoms with Crippen molar-refractivity contribution in [1.29, 1.82) is 0 Å². The summed E-state index contributed by atoms with van der Waals surface area (Å²) in [5.74, 6) is 0. The van der Waals surface area contributed by atoms with Crippen LogP contribution in [0.4, 0.5) is 5.69 Å². The summed E-state index contributed by atoms with van der Waals surface area (Å²) in [4.78, 5) is 12.9. The van der Waals surface area contributed by atoms with Gasteiger partial charge in [-0.25, -0.2) is 4.68 Å². The highest BCUT2D eigenvalue weighted by Crippen LogP contribution is 2.30. The second kappa shape index (κ2) is 8.55. The molecule has 1 saturated heterocycles. The molecule has 0 bridgehead atoms. The molecule has 0 radical (unpaired) electrons. The second-order valence-corrected chi connectivity index (χ2v) is 7.46. The monoisotopic (exact) mass is 392 g/mol. The minimum atomic E-state index is -0.525. The van der Waals surface area contributed by atoms with E-state index < -0.39 is 11.0 Å². The van der Waals surface area contributed by atoms with Gasteiger partial charge in [0.1, 0.15) is 0 Å². The molecule has 1 aliphatic rings. The highest BCUT2D eigenvalue weighted by molar-refractivity contribution is 5.42. The Morgan fingerprint density at radius 2 is 2.00 bits per heavy atom. The molecule has 7 nitrogen and oxygen atoms in total. The van der Waals surface area contributed by atoms with Crippen molar-refractivity contribution in [3.8, 4) is 5.69 Å². The molecule has 4 rings (SSSR count). The van der Waals surface area contributed by atoms with E-state index in [1.165, 1.54) is 12.1 Å². The van der Waals surface area contributed by atoms with Crippen LogP contribution in [0.5, 0.6) is 0 Å². The van der Waals surface area contributed by atoms with Crippen LogP contribution in [0, 0.1) is 10.1 Å². The summed E-state index contributed by atoms with van der Waals surface area (Å²) in [7, 11) is 0. The van der Waals surface area contributed by atoms with Gasteiger partial charge in [-0.05, 0) is 31.0 Å². The largest absolute Gasteiger partial charge is 0.387 e. The summed E-state index contributed by atoms with van der Waals surface area (Å²) in [6, 6.07) is 16.3. The Morgan fingerprint density at radius 1 is 1.17 bits per heavy atom. The van der Waals surface area contributed by atoms with Crippen LogP contribution < -0.4 is 0 Å². The van der Waals surface area contributed by atoms with E-state index in [2.05, 4.69) is 10.00 Å². The maximum absolute atomic E-state index is 11.0. The first kappa shape index (κ1) is 19.3. The first-order chi connectivity index (χ1) is 14.1. The Morgan fingerprint density at radius 3 is 2.79 bits per heavy atom.